The zero-order valence-electron chi connectivity index (χ0n) is 14.8. The van der Waals surface area contributed by atoms with Gasteiger partial charge in [0.15, 0.2) is 0 Å². The van der Waals surface area contributed by atoms with E-state index in [0.717, 1.165) is 18.5 Å². The van der Waals surface area contributed by atoms with Crippen LogP contribution in [0.3, 0.4) is 0 Å². The van der Waals surface area contributed by atoms with Crippen molar-refractivity contribution in [1.29, 1.82) is 0 Å². The van der Waals surface area contributed by atoms with Gasteiger partial charge in [0, 0.05) is 27.5 Å². The van der Waals surface area contributed by atoms with Gasteiger partial charge in [-0.25, -0.2) is 0 Å². The molecule has 26 heavy (non-hydrogen) atoms. The van der Waals surface area contributed by atoms with Crippen molar-refractivity contribution in [2.24, 2.45) is 5.92 Å². The third kappa shape index (κ3) is 3.37. The second kappa shape index (κ2) is 7.17. The fraction of sp³-hybridized carbons (Fsp3) is 0.333. The molecule has 0 saturated carbocycles. The summed E-state index contributed by atoms with van der Waals surface area (Å²) in [6.07, 6.45) is 5.15. The standard InChI is InChI=1S/C21H22N2O2S/c1-14-2-5-19(26-14)20(23-10-7-15(8-11-23)21(24)25)17-3-4-18-13-22-9-6-16(18)12-17/h2-6,9,12-13,15,20H,7-8,10-11H2,1H3,(H,24,25). The highest BCUT2D eigenvalue weighted by Crippen LogP contribution is 2.36. The van der Waals surface area contributed by atoms with E-state index in [1.807, 2.05) is 29.8 Å². The van der Waals surface area contributed by atoms with Crippen molar-refractivity contribution in [2.45, 2.75) is 25.8 Å². The van der Waals surface area contributed by atoms with Gasteiger partial charge in [-0.05, 0) is 68.1 Å². The predicted octanol–water partition coefficient (Wildman–Crippen LogP) is 4.49. The zero-order valence-corrected chi connectivity index (χ0v) is 15.6. The highest BCUT2D eigenvalue weighted by Gasteiger charge is 2.30. The summed E-state index contributed by atoms with van der Waals surface area (Å²) >= 11 is 1.83. The fourth-order valence-electron chi connectivity index (χ4n) is 3.83. The monoisotopic (exact) mass is 366 g/mol. The topological polar surface area (TPSA) is 53.4 Å². The molecule has 4 nitrogen and oxygen atoms in total. The summed E-state index contributed by atoms with van der Waals surface area (Å²) in [6.45, 7) is 3.76. The highest BCUT2D eigenvalue weighted by molar-refractivity contribution is 7.12. The summed E-state index contributed by atoms with van der Waals surface area (Å²) in [5, 5.41) is 11.6. The van der Waals surface area contributed by atoms with Crippen LogP contribution >= 0.6 is 11.3 Å². The molecule has 1 aliphatic rings. The van der Waals surface area contributed by atoms with E-state index in [4.69, 9.17) is 0 Å². The van der Waals surface area contributed by atoms with Crippen molar-refractivity contribution in [1.82, 2.24) is 9.88 Å². The Labute approximate surface area is 157 Å². The first-order valence-electron chi connectivity index (χ1n) is 8.98. The van der Waals surface area contributed by atoms with E-state index < -0.39 is 5.97 Å². The lowest BCUT2D eigenvalue weighted by molar-refractivity contribution is -0.143. The van der Waals surface area contributed by atoms with Gasteiger partial charge in [0.2, 0.25) is 0 Å². The van der Waals surface area contributed by atoms with Crippen LogP contribution in [0.2, 0.25) is 0 Å². The SMILES string of the molecule is Cc1ccc(C(c2ccc3cnccc3c2)N2CCC(C(=O)O)CC2)s1. The number of likely N-dealkylation sites (tertiary alicyclic amines) is 1. The Hall–Kier alpha value is -2.24. The number of hydrogen-bond donors (Lipinski definition) is 1. The largest absolute Gasteiger partial charge is 0.481 e. The average Bonchev–Trinajstić information content (AvgIpc) is 3.08. The van der Waals surface area contributed by atoms with E-state index in [-0.39, 0.29) is 12.0 Å². The Kier molecular flexibility index (Phi) is 4.74. The van der Waals surface area contributed by atoms with Gasteiger partial charge in [0.05, 0.1) is 12.0 Å². The number of benzene rings is 1. The fourth-order valence-corrected chi connectivity index (χ4v) is 4.87. The van der Waals surface area contributed by atoms with Crippen LogP contribution in [0.25, 0.3) is 10.8 Å². The third-order valence-electron chi connectivity index (χ3n) is 5.25. The van der Waals surface area contributed by atoms with E-state index >= 15 is 0 Å². The maximum absolute atomic E-state index is 11.3. The molecule has 2 aromatic heterocycles. The van der Waals surface area contributed by atoms with Gasteiger partial charge in [-0.15, -0.1) is 11.3 Å². The molecule has 4 rings (SSSR count). The van der Waals surface area contributed by atoms with Gasteiger partial charge in [0.1, 0.15) is 0 Å². The van der Waals surface area contributed by atoms with Crippen LogP contribution in [0, 0.1) is 12.8 Å². The molecule has 0 amide bonds. The van der Waals surface area contributed by atoms with E-state index in [1.54, 1.807) is 0 Å². The van der Waals surface area contributed by atoms with Crippen molar-refractivity contribution >= 4 is 28.1 Å². The summed E-state index contributed by atoms with van der Waals surface area (Å²) < 4.78 is 0. The Morgan fingerprint density at radius 3 is 2.69 bits per heavy atom. The number of fused-ring (bicyclic) bond motifs is 1. The van der Waals surface area contributed by atoms with Crippen molar-refractivity contribution < 1.29 is 9.90 Å². The van der Waals surface area contributed by atoms with Gasteiger partial charge in [-0.2, -0.15) is 0 Å². The second-order valence-electron chi connectivity index (χ2n) is 6.98. The van der Waals surface area contributed by atoms with Crippen LogP contribution in [-0.2, 0) is 4.79 Å². The second-order valence-corrected chi connectivity index (χ2v) is 8.30. The molecule has 3 aromatic rings. The molecule has 0 bridgehead atoms. The number of piperidine rings is 1. The molecule has 1 aromatic carbocycles. The molecular formula is C21H22N2O2S. The molecule has 1 N–H and O–H groups in total. The van der Waals surface area contributed by atoms with Gasteiger partial charge < -0.3 is 5.11 Å². The molecule has 1 saturated heterocycles. The lowest BCUT2D eigenvalue weighted by Crippen LogP contribution is -2.39. The molecule has 5 heteroatoms. The molecule has 0 spiro atoms. The first-order chi connectivity index (χ1) is 12.6. The normalized spacial score (nSPS) is 17.4. The summed E-state index contributed by atoms with van der Waals surface area (Å²) in [5.74, 6) is -0.869. The number of aromatic nitrogens is 1. The molecule has 134 valence electrons. The highest BCUT2D eigenvalue weighted by atomic mass is 32.1. The minimum Gasteiger partial charge on any atom is -0.481 e. The first-order valence-corrected chi connectivity index (χ1v) is 9.80. The van der Waals surface area contributed by atoms with Crippen molar-refractivity contribution in [3.63, 3.8) is 0 Å². The molecule has 0 aliphatic carbocycles. The maximum Gasteiger partial charge on any atom is 0.306 e. The van der Waals surface area contributed by atoms with Crippen molar-refractivity contribution in [3.05, 3.63) is 64.1 Å². The number of aliphatic carboxylic acids is 1. The van der Waals surface area contributed by atoms with Crippen LogP contribution in [0.4, 0.5) is 0 Å². The maximum atomic E-state index is 11.3. The van der Waals surface area contributed by atoms with Crippen LogP contribution < -0.4 is 0 Å². The lowest BCUT2D eigenvalue weighted by atomic mass is 9.93. The molecule has 0 radical (unpaired) electrons. The minimum absolute atomic E-state index is 0.181. The van der Waals surface area contributed by atoms with E-state index in [0.29, 0.717) is 12.8 Å². The number of rotatable bonds is 4. The van der Waals surface area contributed by atoms with Crippen molar-refractivity contribution in [3.8, 4) is 0 Å². The Balaban J connectivity index is 1.70. The lowest BCUT2D eigenvalue weighted by Gasteiger charge is -2.36. The molecule has 3 heterocycles. The van der Waals surface area contributed by atoms with Crippen LogP contribution in [-0.4, -0.2) is 34.0 Å². The summed E-state index contributed by atoms with van der Waals surface area (Å²) in [6, 6.07) is 13.2. The number of hydrogen-bond acceptors (Lipinski definition) is 4. The number of nitrogens with zero attached hydrogens (tertiary/aromatic N) is 2. The van der Waals surface area contributed by atoms with E-state index in [9.17, 15) is 9.90 Å². The smallest absolute Gasteiger partial charge is 0.306 e. The minimum atomic E-state index is -0.661. The zero-order chi connectivity index (χ0) is 18.1. The number of pyridine rings is 1. The van der Waals surface area contributed by atoms with E-state index in [2.05, 4.69) is 47.1 Å². The number of aryl methyl sites for hydroxylation is 1. The van der Waals surface area contributed by atoms with Gasteiger partial charge >= 0.3 is 5.97 Å². The quantitative estimate of drug-likeness (QED) is 0.739. The number of carboxylic acids is 1. The summed E-state index contributed by atoms with van der Waals surface area (Å²) in [7, 11) is 0. The summed E-state index contributed by atoms with van der Waals surface area (Å²) in [5.41, 5.74) is 1.26. The first kappa shape index (κ1) is 17.2. The number of carboxylic acid groups (broad SMARTS) is 1. The molecule has 1 atom stereocenters. The molecular weight excluding hydrogens is 344 g/mol. The Morgan fingerprint density at radius 1 is 1.19 bits per heavy atom. The van der Waals surface area contributed by atoms with Gasteiger partial charge in [-0.1, -0.05) is 12.1 Å². The van der Waals surface area contributed by atoms with Crippen LogP contribution in [0.5, 0.6) is 0 Å². The predicted molar refractivity (Wildman–Crippen MR) is 105 cm³/mol. The Bertz CT molecular complexity index is 928. The van der Waals surface area contributed by atoms with E-state index in [1.165, 1.54) is 20.7 Å². The average molecular weight is 366 g/mol. The molecule has 1 fully saturated rings. The summed E-state index contributed by atoms with van der Waals surface area (Å²) in [4.78, 5) is 20.6. The van der Waals surface area contributed by atoms with Gasteiger partial charge in [-0.3, -0.25) is 14.7 Å². The van der Waals surface area contributed by atoms with Gasteiger partial charge in [0.25, 0.3) is 0 Å². The van der Waals surface area contributed by atoms with Crippen molar-refractivity contribution in [2.75, 3.05) is 13.1 Å². The molecule has 1 aliphatic heterocycles. The number of thiophene rings is 1. The van der Waals surface area contributed by atoms with Crippen LogP contribution in [0.15, 0.2) is 48.8 Å². The van der Waals surface area contributed by atoms with Crippen LogP contribution in [0.1, 0.15) is 34.2 Å². The number of carbonyl (C=O) groups is 1. The Morgan fingerprint density at radius 2 is 2.00 bits per heavy atom. The third-order valence-corrected chi connectivity index (χ3v) is 6.31. The molecule has 1 unspecified atom stereocenters.